The third-order valence-electron chi connectivity index (χ3n) is 3.39. The summed E-state index contributed by atoms with van der Waals surface area (Å²) in [4.78, 5) is 2.24. The highest BCUT2D eigenvalue weighted by molar-refractivity contribution is 4.95. The van der Waals surface area contributed by atoms with Crippen LogP contribution in [-0.4, -0.2) is 36.1 Å². The minimum atomic E-state index is -0.616. The first kappa shape index (κ1) is 11.8. The molecule has 4 heteroatoms. The van der Waals surface area contributed by atoms with E-state index in [0.717, 1.165) is 19.5 Å². The monoisotopic (exact) mass is 224 g/mol. The van der Waals surface area contributed by atoms with Gasteiger partial charge in [-0.2, -0.15) is 5.26 Å². The zero-order valence-corrected chi connectivity index (χ0v) is 10.3. The van der Waals surface area contributed by atoms with E-state index in [9.17, 15) is 0 Å². The molecule has 3 atom stereocenters. The van der Waals surface area contributed by atoms with Crippen molar-refractivity contribution in [3.63, 3.8) is 0 Å². The van der Waals surface area contributed by atoms with E-state index in [4.69, 9.17) is 14.7 Å². The average molecular weight is 224 g/mol. The molecule has 0 aliphatic carbocycles. The molecule has 0 spiro atoms. The Bertz CT molecular complexity index is 286. The van der Waals surface area contributed by atoms with Crippen molar-refractivity contribution >= 4 is 0 Å². The largest absolute Gasteiger partial charge is 0.333 e. The highest BCUT2D eigenvalue weighted by Crippen LogP contribution is 2.40. The summed E-state index contributed by atoms with van der Waals surface area (Å²) in [6, 6.07) is 2.33. The van der Waals surface area contributed by atoms with Crippen LogP contribution in [0.2, 0.25) is 0 Å². The van der Waals surface area contributed by atoms with Crippen molar-refractivity contribution < 1.29 is 9.47 Å². The number of fused-ring (bicyclic) bond motifs is 1. The maximum absolute atomic E-state index is 9.06. The predicted octanol–water partition coefficient (Wildman–Crippen LogP) is 1.72. The van der Waals surface area contributed by atoms with Gasteiger partial charge in [0.2, 0.25) is 5.91 Å². The SMILES string of the molecule is CCC(C#N)CC12OC(C)CN1CC(C)O2. The Morgan fingerprint density at radius 1 is 1.38 bits per heavy atom. The molecule has 3 unspecified atom stereocenters. The molecule has 2 saturated heterocycles. The summed E-state index contributed by atoms with van der Waals surface area (Å²) in [6.45, 7) is 7.97. The highest BCUT2D eigenvalue weighted by atomic mass is 16.7. The standard InChI is InChI=1S/C12H20N2O2/c1-4-11(6-13)5-12-14(7-9(2)15-12)8-10(3)16-12/h9-11H,4-5,7-8H2,1-3H3. The first-order valence-corrected chi connectivity index (χ1v) is 6.10. The summed E-state index contributed by atoms with van der Waals surface area (Å²) in [7, 11) is 0. The van der Waals surface area contributed by atoms with E-state index in [1.54, 1.807) is 0 Å². The number of hydrogen-bond donors (Lipinski definition) is 0. The molecule has 0 aromatic rings. The number of nitrogens with zero attached hydrogens (tertiary/aromatic N) is 2. The van der Waals surface area contributed by atoms with Gasteiger partial charge in [0.05, 0.1) is 24.2 Å². The lowest BCUT2D eigenvalue weighted by Gasteiger charge is -2.30. The molecule has 2 fully saturated rings. The lowest BCUT2D eigenvalue weighted by molar-refractivity contribution is -0.261. The van der Waals surface area contributed by atoms with Gasteiger partial charge >= 0.3 is 0 Å². The summed E-state index contributed by atoms with van der Waals surface area (Å²) in [6.07, 6.45) is 1.91. The number of rotatable bonds is 3. The van der Waals surface area contributed by atoms with Crippen molar-refractivity contribution in [3.8, 4) is 6.07 Å². The molecule has 0 saturated carbocycles. The molecular formula is C12H20N2O2. The van der Waals surface area contributed by atoms with Crippen LogP contribution in [0.5, 0.6) is 0 Å². The molecule has 2 heterocycles. The molecule has 0 bridgehead atoms. The Kier molecular flexibility index (Phi) is 3.20. The Morgan fingerprint density at radius 3 is 2.38 bits per heavy atom. The molecule has 90 valence electrons. The van der Waals surface area contributed by atoms with Gasteiger partial charge in [-0.05, 0) is 20.3 Å². The Morgan fingerprint density at radius 2 is 1.94 bits per heavy atom. The lowest BCUT2D eigenvalue weighted by Crippen LogP contribution is -2.42. The Hall–Kier alpha value is -0.630. The molecule has 0 N–H and O–H groups in total. The molecule has 0 amide bonds. The van der Waals surface area contributed by atoms with Crippen LogP contribution in [0, 0.1) is 17.2 Å². The second-order valence-corrected chi connectivity index (χ2v) is 4.91. The maximum Gasteiger partial charge on any atom is 0.232 e. The third-order valence-corrected chi connectivity index (χ3v) is 3.39. The quantitative estimate of drug-likeness (QED) is 0.732. The van der Waals surface area contributed by atoms with Crippen LogP contribution in [0.1, 0.15) is 33.6 Å². The van der Waals surface area contributed by atoms with Gasteiger partial charge < -0.3 is 9.47 Å². The van der Waals surface area contributed by atoms with Crippen LogP contribution in [0.3, 0.4) is 0 Å². The van der Waals surface area contributed by atoms with Gasteiger partial charge in [0.1, 0.15) is 0 Å². The smallest absolute Gasteiger partial charge is 0.232 e. The molecule has 0 aromatic carbocycles. The van der Waals surface area contributed by atoms with Gasteiger partial charge in [0.25, 0.3) is 0 Å². The molecular weight excluding hydrogens is 204 g/mol. The van der Waals surface area contributed by atoms with Crippen molar-refractivity contribution in [2.75, 3.05) is 13.1 Å². The summed E-state index contributed by atoms with van der Waals surface area (Å²) < 4.78 is 11.9. The molecule has 2 aliphatic heterocycles. The number of nitriles is 1. The van der Waals surface area contributed by atoms with Crippen molar-refractivity contribution in [2.24, 2.45) is 5.92 Å². The van der Waals surface area contributed by atoms with E-state index in [2.05, 4.69) is 24.8 Å². The van der Waals surface area contributed by atoms with Crippen LogP contribution in [-0.2, 0) is 9.47 Å². The van der Waals surface area contributed by atoms with Crippen molar-refractivity contribution in [1.29, 1.82) is 5.26 Å². The number of hydrogen-bond acceptors (Lipinski definition) is 4. The van der Waals surface area contributed by atoms with E-state index >= 15 is 0 Å². The van der Waals surface area contributed by atoms with Crippen LogP contribution >= 0.6 is 0 Å². The van der Waals surface area contributed by atoms with Crippen molar-refractivity contribution in [2.45, 2.75) is 51.7 Å². The molecule has 0 aromatic heterocycles. The summed E-state index contributed by atoms with van der Waals surface area (Å²) in [5.74, 6) is -0.604. The molecule has 4 nitrogen and oxygen atoms in total. The fourth-order valence-electron chi connectivity index (χ4n) is 2.67. The van der Waals surface area contributed by atoms with Gasteiger partial charge in [0, 0.05) is 19.5 Å². The fourth-order valence-corrected chi connectivity index (χ4v) is 2.67. The maximum atomic E-state index is 9.06. The molecule has 2 aliphatic rings. The zero-order valence-electron chi connectivity index (χ0n) is 10.3. The topological polar surface area (TPSA) is 45.5 Å². The van der Waals surface area contributed by atoms with Gasteiger partial charge in [-0.15, -0.1) is 0 Å². The van der Waals surface area contributed by atoms with E-state index < -0.39 is 5.91 Å². The second-order valence-electron chi connectivity index (χ2n) is 4.91. The van der Waals surface area contributed by atoms with Gasteiger partial charge in [-0.25, -0.2) is 4.90 Å². The molecule has 16 heavy (non-hydrogen) atoms. The van der Waals surface area contributed by atoms with Crippen LogP contribution in [0.25, 0.3) is 0 Å². The van der Waals surface area contributed by atoms with Crippen molar-refractivity contribution in [1.82, 2.24) is 4.90 Å². The van der Waals surface area contributed by atoms with E-state index in [1.165, 1.54) is 0 Å². The van der Waals surface area contributed by atoms with Gasteiger partial charge in [-0.3, -0.25) is 0 Å². The highest BCUT2D eigenvalue weighted by Gasteiger charge is 2.53. The Labute approximate surface area is 97.1 Å². The summed E-state index contributed by atoms with van der Waals surface area (Å²) >= 11 is 0. The second kappa shape index (κ2) is 4.33. The molecule has 0 radical (unpaired) electrons. The Balaban J connectivity index is 2.12. The van der Waals surface area contributed by atoms with Gasteiger partial charge in [-0.1, -0.05) is 6.92 Å². The van der Waals surface area contributed by atoms with E-state index in [0.29, 0.717) is 6.42 Å². The van der Waals surface area contributed by atoms with E-state index in [1.807, 2.05) is 6.92 Å². The third kappa shape index (κ3) is 1.95. The molecule has 2 rings (SSSR count). The minimum Gasteiger partial charge on any atom is -0.333 e. The normalized spacial score (nSPS) is 40.6. The van der Waals surface area contributed by atoms with Crippen LogP contribution in [0.4, 0.5) is 0 Å². The zero-order chi connectivity index (χ0) is 11.8. The number of ether oxygens (including phenoxy) is 2. The lowest BCUT2D eigenvalue weighted by atomic mass is 10.0. The fraction of sp³-hybridized carbons (Fsp3) is 0.917. The first-order valence-electron chi connectivity index (χ1n) is 6.10. The predicted molar refractivity (Wildman–Crippen MR) is 59.4 cm³/mol. The minimum absolute atomic E-state index is 0.0121. The summed E-state index contributed by atoms with van der Waals surface area (Å²) in [5, 5.41) is 9.06. The van der Waals surface area contributed by atoms with E-state index in [-0.39, 0.29) is 18.1 Å². The first-order chi connectivity index (χ1) is 7.59. The summed E-state index contributed by atoms with van der Waals surface area (Å²) in [5.41, 5.74) is 0. The van der Waals surface area contributed by atoms with Crippen LogP contribution < -0.4 is 0 Å². The van der Waals surface area contributed by atoms with Gasteiger partial charge in [0.15, 0.2) is 0 Å². The average Bonchev–Trinajstić information content (AvgIpc) is 2.65. The van der Waals surface area contributed by atoms with Crippen molar-refractivity contribution in [3.05, 3.63) is 0 Å². The van der Waals surface area contributed by atoms with Crippen LogP contribution in [0.15, 0.2) is 0 Å².